The Labute approximate surface area is 174 Å². The summed E-state index contributed by atoms with van der Waals surface area (Å²) in [6, 6.07) is 11.4. The highest BCUT2D eigenvalue weighted by Gasteiger charge is 2.20. The van der Waals surface area contributed by atoms with Gasteiger partial charge >= 0.3 is 0 Å². The second-order valence-corrected chi connectivity index (χ2v) is 7.76. The summed E-state index contributed by atoms with van der Waals surface area (Å²) in [5, 5.41) is 0.593. The third-order valence-electron chi connectivity index (χ3n) is 4.79. The molecule has 1 amide bonds. The molecule has 0 radical (unpaired) electrons. The van der Waals surface area contributed by atoms with Crippen molar-refractivity contribution in [3.05, 3.63) is 60.8 Å². The number of aromatic nitrogens is 3. The first-order valence-corrected chi connectivity index (χ1v) is 10.7. The lowest BCUT2D eigenvalue weighted by Crippen LogP contribution is -2.36. The van der Waals surface area contributed by atoms with Gasteiger partial charge in [0.2, 0.25) is 5.91 Å². The van der Waals surface area contributed by atoms with E-state index in [1.54, 1.807) is 18.7 Å². The molecular weight excluding hydrogens is 386 g/mol. The van der Waals surface area contributed by atoms with Crippen molar-refractivity contribution in [2.24, 2.45) is 0 Å². The van der Waals surface area contributed by atoms with Gasteiger partial charge in [-0.05, 0) is 36.8 Å². The lowest BCUT2D eigenvalue weighted by atomic mass is 10.3. The molecule has 4 heterocycles. The molecule has 29 heavy (non-hydrogen) atoms. The average Bonchev–Trinajstić information content (AvgIpc) is 3.17. The summed E-state index contributed by atoms with van der Waals surface area (Å²) in [5.74, 6) is 1.43. The molecule has 0 atom stereocenters. The van der Waals surface area contributed by atoms with Crippen LogP contribution in [0.25, 0.3) is 11.4 Å². The van der Waals surface area contributed by atoms with E-state index < -0.39 is 0 Å². The molecule has 0 aliphatic carbocycles. The zero-order valence-electron chi connectivity index (χ0n) is 16.1. The Morgan fingerprint density at radius 2 is 1.97 bits per heavy atom. The van der Waals surface area contributed by atoms with Crippen LogP contribution in [0.4, 0.5) is 0 Å². The first kappa shape index (κ1) is 19.6. The third kappa shape index (κ3) is 5.42. The van der Waals surface area contributed by atoms with Crippen molar-refractivity contribution in [1.82, 2.24) is 24.8 Å². The van der Waals surface area contributed by atoms with E-state index in [1.165, 1.54) is 11.8 Å². The van der Waals surface area contributed by atoms with Crippen LogP contribution in [0.15, 0.2) is 64.6 Å². The Morgan fingerprint density at radius 1 is 1.00 bits per heavy atom. The van der Waals surface area contributed by atoms with E-state index in [9.17, 15) is 4.79 Å². The van der Waals surface area contributed by atoms with Gasteiger partial charge in [0.1, 0.15) is 5.76 Å². The van der Waals surface area contributed by atoms with Gasteiger partial charge in [-0.15, -0.1) is 0 Å². The predicted molar refractivity (Wildman–Crippen MR) is 111 cm³/mol. The first-order chi connectivity index (χ1) is 14.3. The van der Waals surface area contributed by atoms with Crippen LogP contribution in [0.1, 0.15) is 12.2 Å². The monoisotopic (exact) mass is 409 g/mol. The second-order valence-electron chi connectivity index (χ2n) is 6.82. The quantitative estimate of drug-likeness (QED) is 0.458. The van der Waals surface area contributed by atoms with E-state index in [-0.39, 0.29) is 5.91 Å². The molecule has 8 heteroatoms. The number of pyridine rings is 1. The molecule has 1 fully saturated rings. The normalized spacial score (nSPS) is 15.2. The lowest BCUT2D eigenvalue weighted by molar-refractivity contribution is -0.128. The molecule has 0 spiro atoms. The molecule has 0 unspecified atom stereocenters. The van der Waals surface area contributed by atoms with Crippen LogP contribution in [0.2, 0.25) is 0 Å². The summed E-state index contributed by atoms with van der Waals surface area (Å²) in [4.78, 5) is 30.1. The smallest absolute Gasteiger partial charge is 0.233 e. The SMILES string of the molecule is O=C(CSc1nccc(-c2ccccn2)n1)N1CCCN(Cc2ccco2)CC1. The number of amides is 1. The number of hydrogen-bond acceptors (Lipinski definition) is 7. The van der Waals surface area contributed by atoms with Crippen molar-refractivity contribution in [2.45, 2.75) is 18.1 Å². The summed E-state index contributed by atoms with van der Waals surface area (Å²) in [6.07, 6.45) is 6.11. The number of thioether (sulfide) groups is 1. The summed E-state index contributed by atoms with van der Waals surface area (Å²) >= 11 is 1.37. The van der Waals surface area contributed by atoms with Crippen LogP contribution in [0.3, 0.4) is 0 Å². The number of carbonyl (C=O) groups excluding carboxylic acids is 1. The Bertz CT molecular complexity index is 920. The van der Waals surface area contributed by atoms with Crippen LogP contribution in [-0.2, 0) is 11.3 Å². The largest absolute Gasteiger partial charge is 0.468 e. The number of hydrogen-bond donors (Lipinski definition) is 0. The minimum Gasteiger partial charge on any atom is -0.468 e. The number of rotatable bonds is 6. The van der Waals surface area contributed by atoms with Crippen molar-refractivity contribution in [2.75, 3.05) is 31.9 Å². The summed E-state index contributed by atoms with van der Waals surface area (Å²) in [6.45, 7) is 4.12. The number of nitrogens with zero attached hydrogens (tertiary/aromatic N) is 5. The van der Waals surface area contributed by atoms with E-state index in [2.05, 4.69) is 19.9 Å². The van der Waals surface area contributed by atoms with Gasteiger partial charge in [0, 0.05) is 38.6 Å². The molecular formula is C21H23N5O2S. The molecule has 3 aromatic rings. The maximum atomic E-state index is 12.7. The average molecular weight is 410 g/mol. The minimum atomic E-state index is 0.127. The van der Waals surface area contributed by atoms with Gasteiger partial charge in [-0.2, -0.15) is 0 Å². The van der Waals surface area contributed by atoms with Gasteiger partial charge in [0.05, 0.1) is 29.9 Å². The van der Waals surface area contributed by atoms with Crippen molar-refractivity contribution < 1.29 is 9.21 Å². The van der Waals surface area contributed by atoms with E-state index in [0.717, 1.165) is 56.3 Å². The molecule has 1 saturated heterocycles. The minimum absolute atomic E-state index is 0.127. The van der Waals surface area contributed by atoms with E-state index in [0.29, 0.717) is 10.9 Å². The zero-order chi connectivity index (χ0) is 19.9. The van der Waals surface area contributed by atoms with Crippen LogP contribution in [-0.4, -0.2) is 62.6 Å². The molecule has 1 aliphatic rings. The number of carbonyl (C=O) groups is 1. The summed E-state index contributed by atoms with van der Waals surface area (Å²) in [7, 11) is 0. The zero-order valence-corrected chi connectivity index (χ0v) is 16.9. The van der Waals surface area contributed by atoms with Gasteiger partial charge in [0.25, 0.3) is 0 Å². The Hall–Kier alpha value is -2.71. The fourth-order valence-electron chi connectivity index (χ4n) is 3.29. The van der Waals surface area contributed by atoms with Gasteiger partial charge < -0.3 is 9.32 Å². The molecule has 150 valence electrons. The fraction of sp³-hybridized carbons (Fsp3) is 0.333. The van der Waals surface area contributed by atoms with Gasteiger partial charge in [-0.25, -0.2) is 9.97 Å². The highest BCUT2D eigenvalue weighted by atomic mass is 32.2. The third-order valence-corrected chi connectivity index (χ3v) is 5.63. The molecule has 0 N–H and O–H groups in total. The summed E-state index contributed by atoms with van der Waals surface area (Å²) in [5.41, 5.74) is 1.56. The predicted octanol–water partition coefficient (Wildman–Crippen LogP) is 2.96. The van der Waals surface area contributed by atoms with Crippen LogP contribution in [0, 0.1) is 0 Å². The van der Waals surface area contributed by atoms with Gasteiger partial charge in [-0.1, -0.05) is 17.8 Å². The highest BCUT2D eigenvalue weighted by molar-refractivity contribution is 7.99. The van der Waals surface area contributed by atoms with Crippen LogP contribution in [0.5, 0.6) is 0 Å². The maximum absolute atomic E-state index is 12.7. The van der Waals surface area contributed by atoms with Crippen molar-refractivity contribution in [3.63, 3.8) is 0 Å². The Kier molecular flexibility index (Phi) is 6.53. The lowest BCUT2D eigenvalue weighted by Gasteiger charge is -2.21. The highest BCUT2D eigenvalue weighted by Crippen LogP contribution is 2.19. The molecule has 3 aromatic heterocycles. The topological polar surface area (TPSA) is 75.4 Å². The van der Waals surface area contributed by atoms with Crippen molar-refractivity contribution >= 4 is 17.7 Å². The Morgan fingerprint density at radius 3 is 2.79 bits per heavy atom. The Balaban J connectivity index is 1.29. The fourth-order valence-corrected chi connectivity index (χ4v) is 4.02. The van der Waals surface area contributed by atoms with Crippen molar-refractivity contribution in [3.8, 4) is 11.4 Å². The second kappa shape index (κ2) is 9.67. The van der Waals surface area contributed by atoms with Crippen molar-refractivity contribution in [1.29, 1.82) is 0 Å². The van der Waals surface area contributed by atoms with E-state index in [4.69, 9.17) is 4.42 Å². The maximum Gasteiger partial charge on any atom is 0.233 e. The number of furan rings is 1. The molecule has 4 rings (SSSR count). The van der Waals surface area contributed by atoms with Crippen LogP contribution >= 0.6 is 11.8 Å². The van der Waals surface area contributed by atoms with Gasteiger partial charge in [-0.3, -0.25) is 14.7 Å². The molecule has 1 aliphatic heterocycles. The molecule has 7 nitrogen and oxygen atoms in total. The van der Waals surface area contributed by atoms with E-state index in [1.807, 2.05) is 41.3 Å². The van der Waals surface area contributed by atoms with Gasteiger partial charge in [0.15, 0.2) is 5.16 Å². The first-order valence-electron chi connectivity index (χ1n) is 9.68. The van der Waals surface area contributed by atoms with E-state index >= 15 is 0 Å². The summed E-state index contributed by atoms with van der Waals surface area (Å²) < 4.78 is 5.44. The molecule has 0 saturated carbocycles. The standard InChI is InChI=1S/C21H23N5O2S/c27-20(26-11-4-10-25(12-13-26)15-17-5-3-14-28-17)16-29-21-23-9-7-19(24-21)18-6-1-2-8-22-18/h1-3,5-9,14H,4,10-13,15-16H2. The molecule has 0 aromatic carbocycles. The molecule has 0 bridgehead atoms. The van der Waals surface area contributed by atoms with Crippen LogP contribution < -0.4 is 0 Å².